The molecule has 0 atom stereocenters. The van der Waals surface area contributed by atoms with Crippen molar-refractivity contribution in [3.8, 4) is 0 Å². The lowest BCUT2D eigenvalue weighted by atomic mass is 10.0. The van der Waals surface area contributed by atoms with Crippen molar-refractivity contribution in [2.75, 3.05) is 0 Å². The summed E-state index contributed by atoms with van der Waals surface area (Å²) in [4.78, 5) is 0. The van der Waals surface area contributed by atoms with Crippen LogP contribution < -0.4 is 0 Å². The zero-order valence-corrected chi connectivity index (χ0v) is 10.5. The van der Waals surface area contributed by atoms with E-state index in [4.69, 9.17) is 0 Å². The van der Waals surface area contributed by atoms with Crippen molar-refractivity contribution < 1.29 is 0 Å². The number of hydrogen-bond acceptors (Lipinski definition) is 0. The molecule has 0 nitrogen and oxygen atoms in total. The highest BCUT2D eigenvalue weighted by molar-refractivity contribution is 5.82. The van der Waals surface area contributed by atoms with Crippen LogP contribution in [0.3, 0.4) is 0 Å². The zero-order valence-electron chi connectivity index (χ0n) is 10.5. The van der Waals surface area contributed by atoms with E-state index in [0.29, 0.717) is 0 Å². The van der Waals surface area contributed by atoms with Gasteiger partial charge in [-0.3, -0.25) is 0 Å². The van der Waals surface area contributed by atoms with Crippen LogP contribution in [0.2, 0.25) is 0 Å². The lowest BCUT2D eigenvalue weighted by Gasteiger charge is -2.04. The van der Waals surface area contributed by atoms with E-state index in [1.165, 1.54) is 48.4 Å². The van der Waals surface area contributed by atoms with Crippen LogP contribution in [0.1, 0.15) is 37.7 Å². The SMILES string of the molecule is [CH2]CCCCCCc1ccc2ccccc2c1. The van der Waals surface area contributed by atoms with Crippen LogP contribution in [-0.4, -0.2) is 0 Å². The maximum Gasteiger partial charge on any atom is -0.0181 e. The van der Waals surface area contributed by atoms with Crippen molar-refractivity contribution in [1.29, 1.82) is 0 Å². The molecule has 17 heavy (non-hydrogen) atoms. The quantitative estimate of drug-likeness (QED) is 0.595. The molecule has 2 aromatic rings. The van der Waals surface area contributed by atoms with Gasteiger partial charge in [0.25, 0.3) is 0 Å². The van der Waals surface area contributed by atoms with E-state index in [2.05, 4.69) is 49.4 Å². The molecule has 0 heterocycles. The van der Waals surface area contributed by atoms with Gasteiger partial charge in [-0.1, -0.05) is 75.1 Å². The minimum absolute atomic E-state index is 1.08. The van der Waals surface area contributed by atoms with Gasteiger partial charge in [-0.2, -0.15) is 0 Å². The summed E-state index contributed by atoms with van der Waals surface area (Å²) in [6.45, 7) is 3.88. The molecule has 0 heteroatoms. The van der Waals surface area contributed by atoms with E-state index in [1.54, 1.807) is 0 Å². The summed E-state index contributed by atoms with van der Waals surface area (Å²) < 4.78 is 0. The molecule has 2 rings (SSSR count). The van der Waals surface area contributed by atoms with Gasteiger partial charge in [-0.15, -0.1) is 0 Å². The van der Waals surface area contributed by atoms with Crippen molar-refractivity contribution in [3.63, 3.8) is 0 Å². The first kappa shape index (κ1) is 12.2. The molecule has 0 spiro atoms. The third-order valence-electron chi connectivity index (χ3n) is 3.28. The van der Waals surface area contributed by atoms with E-state index < -0.39 is 0 Å². The Hall–Kier alpha value is -1.30. The summed E-state index contributed by atoms with van der Waals surface area (Å²) in [5.74, 6) is 0. The smallest absolute Gasteiger partial charge is 0.0181 e. The molecule has 0 saturated carbocycles. The summed E-state index contributed by atoms with van der Waals surface area (Å²) >= 11 is 0. The van der Waals surface area contributed by atoms with Crippen LogP contribution in [0.4, 0.5) is 0 Å². The number of aryl methyl sites for hydroxylation is 1. The van der Waals surface area contributed by atoms with Gasteiger partial charge in [0.2, 0.25) is 0 Å². The number of benzene rings is 2. The Labute approximate surface area is 105 Å². The van der Waals surface area contributed by atoms with Crippen LogP contribution in [0, 0.1) is 6.92 Å². The van der Waals surface area contributed by atoms with Crippen LogP contribution >= 0.6 is 0 Å². The van der Waals surface area contributed by atoms with Gasteiger partial charge >= 0.3 is 0 Å². The number of rotatable bonds is 6. The summed E-state index contributed by atoms with van der Waals surface area (Å²) in [6.07, 6.45) is 7.54. The highest BCUT2D eigenvalue weighted by Crippen LogP contribution is 2.17. The van der Waals surface area contributed by atoms with E-state index in [0.717, 1.165) is 6.42 Å². The topological polar surface area (TPSA) is 0 Å². The minimum Gasteiger partial charge on any atom is -0.0616 e. The van der Waals surface area contributed by atoms with Crippen LogP contribution in [0.25, 0.3) is 10.8 Å². The Kier molecular flexibility index (Phi) is 4.61. The largest absolute Gasteiger partial charge is 0.0616 e. The van der Waals surface area contributed by atoms with Gasteiger partial charge in [0.1, 0.15) is 0 Å². The molecule has 0 aliphatic heterocycles. The van der Waals surface area contributed by atoms with E-state index >= 15 is 0 Å². The van der Waals surface area contributed by atoms with Gasteiger partial charge in [0, 0.05) is 0 Å². The summed E-state index contributed by atoms with van der Waals surface area (Å²) in [6, 6.07) is 15.4. The number of hydrogen-bond donors (Lipinski definition) is 0. The molecule has 0 unspecified atom stereocenters. The molecule has 0 aliphatic carbocycles. The fraction of sp³-hybridized carbons (Fsp3) is 0.353. The predicted octanol–water partition coefficient (Wildman–Crippen LogP) is 5.17. The molecule has 0 bridgehead atoms. The van der Waals surface area contributed by atoms with Gasteiger partial charge in [-0.25, -0.2) is 0 Å². The van der Waals surface area contributed by atoms with Gasteiger partial charge in [0.15, 0.2) is 0 Å². The van der Waals surface area contributed by atoms with Crippen LogP contribution in [0.15, 0.2) is 42.5 Å². The summed E-state index contributed by atoms with van der Waals surface area (Å²) in [5.41, 5.74) is 1.47. The van der Waals surface area contributed by atoms with Gasteiger partial charge in [0.05, 0.1) is 0 Å². The monoisotopic (exact) mass is 225 g/mol. The maximum atomic E-state index is 3.88. The lowest BCUT2D eigenvalue weighted by Crippen LogP contribution is -1.86. The van der Waals surface area contributed by atoms with Gasteiger partial charge in [-0.05, 0) is 29.2 Å². The van der Waals surface area contributed by atoms with Crippen molar-refractivity contribution in [1.82, 2.24) is 0 Å². The highest BCUT2D eigenvalue weighted by Gasteiger charge is 1.96. The summed E-state index contributed by atoms with van der Waals surface area (Å²) in [5, 5.41) is 2.70. The standard InChI is InChI=1S/C17H21/c1-2-3-4-5-6-9-15-12-13-16-10-7-8-11-17(16)14-15/h7-8,10-14H,1-6,9H2. The van der Waals surface area contributed by atoms with Crippen LogP contribution in [-0.2, 0) is 6.42 Å². The van der Waals surface area contributed by atoms with E-state index in [1.807, 2.05) is 0 Å². The Balaban J connectivity index is 1.90. The van der Waals surface area contributed by atoms with Crippen molar-refractivity contribution in [3.05, 3.63) is 55.0 Å². The maximum absolute atomic E-state index is 3.88. The van der Waals surface area contributed by atoms with Crippen molar-refractivity contribution >= 4 is 10.8 Å². The molecular weight excluding hydrogens is 204 g/mol. The first-order valence-electron chi connectivity index (χ1n) is 6.67. The summed E-state index contributed by atoms with van der Waals surface area (Å²) in [7, 11) is 0. The minimum atomic E-state index is 1.08. The fourth-order valence-electron chi connectivity index (χ4n) is 2.25. The normalized spacial score (nSPS) is 10.9. The molecule has 0 aromatic heterocycles. The second-order valence-electron chi connectivity index (χ2n) is 4.70. The second kappa shape index (κ2) is 6.44. The Morgan fingerprint density at radius 1 is 0.765 bits per heavy atom. The Morgan fingerprint density at radius 2 is 1.53 bits per heavy atom. The van der Waals surface area contributed by atoms with E-state index in [-0.39, 0.29) is 0 Å². The molecule has 89 valence electrons. The average molecular weight is 225 g/mol. The fourth-order valence-corrected chi connectivity index (χ4v) is 2.25. The molecule has 0 saturated heterocycles. The second-order valence-corrected chi connectivity index (χ2v) is 4.70. The Morgan fingerprint density at radius 3 is 2.35 bits per heavy atom. The van der Waals surface area contributed by atoms with Crippen LogP contribution in [0.5, 0.6) is 0 Å². The Bertz CT molecular complexity index is 456. The lowest BCUT2D eigenvalue weighted by molar-refractivity contribution is 0.645. The van der Waals surface area contributed by atoms with Crippen molar-refractivity contribution in [2.45, 2.75) is 38.5 Å². The predicted molar refractivity (Wildman–Crippen MR) is 76.1 cm³/mol. The molecule has 2 aromatic carbocycles. The first-order valence-corrected chi connectivity index (χ1v) is 6.67. The van der Waals surface area contributed by atoms with Crippen molar-refractivity contribution in [2.24, 2.45) is 0 Å². The number of fused-ring (bicyclic) bond motifs is 1. The average Bonchev–Trinajstić information content (AvgIpc) is 2.38. The molecule has 0 aliphatic rings. The highest BCUT2D eigenvalue weighted by atomic mass is 14.0. The van der Waals surface area contributed by atoms with Gasteiger partial charge < -0.3 is 0 Å². The number of unbranched alkanes of at least 4 members (excludes halogenated alkanes) is 4. The molecule has 0 fully saturated rings. The van der Waals surface area contributed by atoms with E-state index in [9.17, 15) is 0 Å². The molecule has 1 radical (unpaired) electrons. The zero-order chi connectivity index (χ0) is 11.9. The molecule has 0 amide bonds. The third-order valence-corrected chi connectivity index (χ3v) is 3.28. The molecular formula is C17H21. The first-order chi connectivity index (χ1) is 8.40. The third kappa shape index (κ3) is 3.59. The molecule has 0 N–H and O–H groups in total.